The van der Waals surface area contributed by atoms with Gasteiger partial charge in [0.25, 0.3) is 0 Å². The molecule has 3 rings (SSSR count). The predicted molar refractivity (Wildman–Crippen MR) is 126 cm³/mol. The summed E-state index contributed by atoms with van der Waals surface area (Å²) in [6.07, 6.45) is 0.641. The summed E-state index contributed by atoms with van der Waals surface area (Å²) in [6, 6.07) is 15.1. The Morgan fingerprint density at radius 3 is 1.84 bits per heavy atom. The van der Waals surface area contributed by atoms with Gasteiger partial charge in [0.1, 0.15) is 37.5 Å². The molecule has 0 radical (unpaired) electrons. The van der Waals surface area contributed by atoms with Crippen molar-refractivity contribution in [3.8, 4) is 23.0 Å². The van der Waals surface area contributed by atoms with Crippen LogP contribution in [0.2, 0.25) is 0 Å². The van der Waals surface area contributed by atoms with Gasteiger partial charge in [-0.15, -0.1) is 0 Å². The highest BCUT2D eigenvalue weighted by molar-refractivity contribution is 7.80. The predicted octanol–water partition coefficient (Wildman–Crippen LogP) is 3.64. The standard InChI is InChI=1S/C24H31NO6S/c1-2-11-25-24(32)18-29-19-16-30-22-9-5-3-7-20(22)27-14-12-26-13-15-28-21-8-4-6-10-23(21)31-17-19/h3-10,19H,2,11-18H2,1H3,(H,25,32). The van der Waals surface area contributed by atoms with Crippen LogP contribution in [0.3, 0.4) is 0 Å². The van der Waals surface area contributed by atoms with Gasteiger partial charge in [-0.05, 0) is 30.7 Å². The Morgan fingerprint density at radius 1 is 0.844 bits per heavy atom. The van der Waals surface area contributed by atoms with E-state index in [1.165, 1.54) is 0 Å². The molecule has 1 N–H and O–H groups in total. The van der Waals surface area contributed by atoms with E-state index in [0.29, 0.717) is 61.0 Å². The average Bonchev–Trinajstić information content (AvgIpc) is 2.82. The molecule has 0 aromatic heterocycles. The van der Waals surface area contributed by atoms with Crippen molar-refractivity contribution in [2.24, 2.45) is 0 Å². The molecular formula is C24H31NO6S. The number of thiocarbonyl (C=S) groups is 1. The lowest BCUT2D eigenvalue weighted by Crippen LogP contribution is -2.34. The average molecular weight is 462 g/mol. The molecule has 0 aliphatic carbocycles. The number of hydrogen-bond acceptors (Lipinski definition) is 7. The van der Waals surface area contributed by atoms with Crippen LogP contribution in [0.15, 0.2) is 48.5 Å². The summed E-state index contributed by atoms with van der Waals surface area (Å²) < 4.78 is 35.3. The van der Waals surface area contributed by atoms with Crippen molar-refractivity contribution < 1.29 is 28.4 Å². The van der Waals surface area contributed by atoms with Gasteiger partial charge in [-0.25, -0.2) is 0 Å². The van der Waals surface area contributed by atoms with E-state index in [9.17, 15) is 0 Å². The second-order valence-corrected chi connectivity index (χ2v) is 7.60. The van der Waals surface area contributed by atoms with E-state index < -0.39 is 0 Å². The van der Waals surface area contributed by atoms with Crippen LogP contribution in [-0.2, 0) is 9.47 Å². The van der Waals surface area contributed by atoms with Crippen molar-refractivity contribution in [3.05, 3.63) is 48.5 Å². The molecule has 1 heterocycles. The van der Waals surface area contributed by atoms with E-state index in [0.717, 1.165) is 13.0 Å². The SMILES string of the molecule is CCCNC(=S)COC1COc2ccccc2OCCOCCOc2ccccc2OC1. The molecule has 0 bridgehead atoms. The fourth-order valence-electron chi connectivity index (χ4n) is 2.92. The second kappa shape index (κ2) is 13.8. The third-order valence-corrected chi connectivity index (χ3v) is 4.80. The lowest BCUT2D eigenvalue weighted by atomic mass is 10.3. The van der Waals surface area contributed by atoms with E-state index in [1.54, 1.807) is 0 Å². The Hall–Kier alpha value is -2.55. The summed E-state index contributed by atoms with van der Waals surface area (Å²) in [5.41, 5.74) is 0. The molecule has 2 aromatic rings. The van der Waals surface area contributed by atoms with Crippen LogP contribution in [0.25, 0.3) is 0 Å². The fraction of sp³-hybridized carbons (Fsp3) is 0.458. The third-order valence-electron chi connectivity index (χ3n) is 4.54. The summed E-state index contributed by atoms with van der Waals surface area (Å²) in [7, 11) is 0. The van der Waals surface area contributed by atoms with Crippen LogP contribution in [0.5, 0.6) is 23.0 Å². The Bertz CT molecular complexity index is 778. The third kappa shape index (κ3) is 8.18. The molecule has 2 aromatic carbocycles. The molecule has 0 spiro atoms. The summed E-state index contributed by atoms with van der Waals surface area (Å²) in [6.45, 7) is 5.47. The molecular weight excluding hydrogens is 430 g/mol. The molecule has 32 heavy (non-hydrogen) atoms. The largest absolute Gasteiger partial charge is 0.487 e. The zero-order valence-corrected chi connectivity index (χ0v) is 19.2. The van der Waals surface area contributed by atoms with E-state index >= 15 is 0 Å². The van der Waals surface area contributed by atoms with Crippen molar-refractivity contribution in [2.75, 3.05) is 52.8 Å². The van der Waals surface area contributed by atoms with Crippen molar-refractivity contribution >= 4 is 17.2 Å². The quantitative estimate of drug-likeness (QED) is 0.677. The number of nitrogens with one attached hydrogen (secondary N) is 1. The van der Waals surface area contributed by atoms with Gasteiger partial charge in [0.05, 0.1) is 19.8 Å². The normalized spacial score (nSPS) is 15.7. The summed E-state index contributed by atoms with van der Waals surface area (Å²) in [5.74, 6) is 2.60. The zero-order valence-electron chi connectivity index (χ0n) is 18.4. The highest BCUT2D eigenvalue weighted by atomic mass is 32.1. The number of para-hydroxylation sites is 4. The van der Waals surface area contributed by atoms with E-state index in [4.69, 9.17) is 40.6 Å². The number of hydrogen-bond donors (Lipinski definition) is 1. The molecule has 0 atom stereocenters. The van der Waals surface area contributed by atoms with Gasteiger partial charge < -0.3 is 33.7 Å². The molecule has 0 unspecified atom stereocenters. The molecule has 7 nitrogen and oxygen atoms in total. The van der Waals surface area contributed by atoms with E-state index in [1.807, 2.05) is 48.5 Å². The molecule has 174 valence electrons. The first-order valence-electron chi connectivity index (χ1n) is 10.9. The van der Waals surface area contributed by atoms with Gasteiger partial charge in [-0.1, -0.05) is 43.4 Å². The Balaban J connectivity index is 1.70. The van der Waals surface area contributed by atoms with Crippen LogP contribution >= 0.6 is 12.2 Å². The lowest BCUT2D eigenvalue weighted by Gasteiger charge is -2.22. The Kier molecular flexibility index (Phi) is 10.4. The summed E-state index contributed by atoms with van der Waals surface area (Å²) >= 11 is 5.35. The molecule has 0 fully saturated rings. The van der Waals surface area contributed by atoms with Gasteiger partial charge in [-0.3, -0.25) is 0 Å². The molecule has 0 saturated carbocycles. The van der Waals surface area contributed by atoms with Gasteiger partial charge in [-0.2, -0.15) is 0 Å². The Labute approximate surface area is 194 Å². The Morgan fingerprint density at radius 2 is 1.34 bits per heavy atom. The first-order chi connectivity index (χ1) is 15.8. The maximum atomic E-state index is 6.04. The highest BCUT2D eigenvalue weighted by Gasteiger charge is 2.16. The van der Waals surface area contributed by atoms with Crippen molar-refractivity contribution in [1.29, 1.82) is 0 Å². The van der Waals surface area contributed by atoms with Crippen LogP contribution in [0.4, 0.5) is 0 Å². The van der Waals surface area contributed by atoms with Gasteiger partial charge in [0, 0.05) is 6.54 Å². The first-order valence-corrected chi connectivity index (χ1v) is 11.3. The van der Waals surface area contributed by atoms with Crippen LogP contribution in [0, 0.1) is 0 Å². The molecule has 0 amide bonds. The summed E-state index contributed by atoms with van der Waals surface area (Å²) in [5, 5.41) is 3.17. The van der Waals surface area contributed by atoms with Crippen LogP contribution < -0.4 is 24.3 Å². The minimum atomic E-state index is -0.353. The molecule has 1 aliphatic heterocycles. The molecule has 8 heteroatoms. The lowest BCUT2D eigenvalue weighted by molar-refractivity contribution is 0.00800. The van der Waals surface area contributed by atoms with Gasteiger partial charge in [0.2, 0.25) is 0 Å². The smallest absolute Gasteiger partial charge is 0.161 e. The van der Waals surface area contributed by atoms with Crippen LogP contribution in [-0.4, -0.2) is 63.9 Å². The van der Waals surface area contributed by atoms with Crippen molar-refractivity contribution in [2.45, 2.75) is 19.4 Å². The van der Waals surface area contributed by atoms with E-state index in [-0.39, 0.29) is 19.3 Å². The summed E-state index contributed by atoms with van der Waals surface area (Å²) in [4.78, 5) is 0.659. The maximum absolute atomic E-state index is 6.04. The number of fused-ring (bicyclic) bond motifs is 2. The minimum absolute atomic E-state index is 0.274. The van der Waals surface area contributed by atoms with Crippen molar-refractivity contribution in [1.82, 2.24) is 5.32 Å². The number of rotatable bonds is 5. The molecule has 0 saturated heterocycles. The number of ether oxygens (including phenoxy) is 6. The van der Waals surface area contributed by atoms with Crippen LogP contribution in [0.1, 0.15) is 13.3 Å². The van der Waals surface area contributed by atoms with E-state index in [2.05, 4.69) is 12.2 Å². The monoisotopic (exact) mass is 461 g/mol. The van der Waals surface area contributed by atoms with Gasteiger partial charge in [0.15, 0.2) is 23.0 Å². The first kappa shape index (κ1) is 24.1. The van der Waals surface area contributed by atoms with Gasteiger partial charge >= 0.3 is 0 Å². The topological polar surface area (TPSA) is 67.4 Å². The fourth-order valence-corrected chi connectivity index (χ4v) is 3.09. The molecule has 1 aliphatic rings. The maximum Gasteiger partial charge on any atom is 0.161 e. The van der Waals surface area contributed by atoms with Crippen molar-refractivity contribution in [3.63, 3.8) is 0 Å². The highest BCUT2D eigenvalue weighted by Crippen LogP contribution is 2.28. The minimum Gasteiger partial charge on any atom is -0.487 e. The zero-order chi connectivity index (χ0) is 22.4. The number of benzene rings is 2. The second-order valence-electron chi connectivity index (χ2n) is 7.11.